The Balaban J connectivity index is 1.62. The molecule has 1 aliphatic heterocycles. The van der Waals surface area contributed by atoms with Crippen LogP contribution in [-0.4, -0.2) is 26.2 Å². The van der Waals surface area contributed by atoms with E-state index in [4.69, 9.17) is 0 Å². The van der Waals surface area contributed by atoms with Crippen LogP contribution in [0.15, 0.2) is 53.0 Å². The summed E-state index contributed by atoms with van der Waals surface area (Å²) in [6.07, 6.45) is -4.29. The summed E-state index contributed by atoms with van der Waals surface area (Å²) in [5.74, 6) is 0. The van der Waals surface area contributed by atoms with Gasteiger partial charge in [-0.15, -0.1) is 0 Å². The Morgan fingerprint density at radius 3 is 2.38 bits per heavy atom. The third-order valence-electron chi connectivity index (χ3n) is 4.41. The van der Waals surface area contributed by atoms with Crippen LogP contribution in [0.3, 0.4) is 0 Å². The highest BCUT2D eigenvalue weighted by molar-refractivity contribution is 9.10. The summed E-state index contributed by atoms with van der Waals surface area (Å²) in [6, 6.07) is 13.8. The molecule has 6 heteroatoms. The standard InChI is InChI=1S/C18H18BrF3N2/c19-17-7-2-1-4-14(17)13-23-8-10-24(11-9-23)16-6-3-5-15(12-16)18(20,21)22/h1-7,12H,8-11,13H2/p+1. The molecule has 0 unspecified atom stereocenters. The summed E-state index contributed by atoms with van der Waals surface area (Å²) in [7, 11) is 0. The van der Waals surface area contributed by atoms with Crippen molar-refractivity contribution in [2.24, 2.45) is 0 Å². The molecule has 1 fully saturated rings. The largest absolute Gasteiger partial charge is 0.416 e. The van der Waals surface area contributed by atoms with E-state index in [1.165, 1.54) is 22.6 Å². The first-order valence-electron chi connectivity index (χ1n) is 7.92. The van der Waals surface area contributed by atoms with Crippen molar-refractivity contribution >= 4 is 21.6 Å². The minimum Gasteiger partial charge on any atom is -0.360 e. The number of benzene rings is 2. The van der Waals surface area contributed by atoms with Crippen molar-refractivity contribution in [1.82, 2.24) is 0 Å². The fourth-order valence-corrected chi connectivity index (χ4v) is 3.47. The van der Waals surface area contributed by atoms with Crippen LogP contribution >= 0.6 is 15.9 Å². The van der Waals surface area contributed by atoms with E-state index in [0.29, 0.717) is 5.69 Å². The number of alkyl halides is 3. The molecule has 0 atom stereocenters. The first kappa shape index (κ1) is 17.3. The fraction of sp³-hybridized carbons (Fsp3) is 0.333. The van der Waals surface area contributed by atoms with Crippen molar-refractivity contribution in [2.75, 3.05) is 31.1 Å². The Hall–Kier alpha value is -1.53. The number of rotatable bonds is 3. The number of halogens is 4. The molecule has 2 aromatic rings. The maximum absolute atomic E-state index is 12.9. The molecule has 2 nitrogen and oxygen atoms in total. The second-order valence-corrected chi connectivity index (χ2v) is 6.91. The summed E-state index contributed by atoms with van der Waals surface area (Å²) in [4.78, 5) is 3.49. The Labute approximate surface area is 148 Å². The predicted molar refractivity (Wildman–Crippen MR) is 92.2 cm³/mol. The van der Waals surface area contributed by atoms with Crippen molar-refractivity contribution < 1.29 is 18.1 Å². The molecule has 1 saturated heterocycles. The molecular weight excluding hydrogens is 381 g/mol. The van der Waals surface area contributed by atoms with Gasteiger partial charge in [-0.1, -0.05) is 40.2 Å². The van der Waals surface area contributed by atoms with E-state index in [9.17, 15) is 13.2 Å². The molecule has 1 N–H and O–H groups in total. The average Bonchev–Trinajstić information content (AvgIpc) is 2.57. The number of anilines is 1. The van der Waals surface area contributed by atoms with E-state index in [1.807, 2.05) is 23.1 Å². The lowest BCUT2D eigenvalue weighted by atomic mass is 10.1. The van der Waals surface area contributed by atoms with Crippen molar-refractivity contribution in [1.29, 1.82) is 0 Å². The highest BCUT2D eigenvalue weighted by atomic mass is 79.9. The zero-order valence-electron chi connectivity index (χ0n) is 13.1. The van der Waals surface area contributed by atoms with Crippen LogP contribution in [0.4, 0.5) is 18.9 Å². The molecule has 0 aromatic heterocycles. The normalized spacial score (nSPS) is 16.4. The van der Waals surface area contributed by atoms with Crippen molar-refractivity contribution in [2.45, 2.75) is 12.7 Å². The molecule has 0 saturated carbocycles. The van der Waals surface area contributed by atoms with Crippen molar-refractivity contribution in [3.05, 3.63) is 64.1 Å². The van der Waals surface area contributed by atoms with Crippen LogP contribution in [0.2, 0.25) is 0 Å². The summed E-state index contributed by atoms with van der Waals surface area (Å²) < 4.78 is 39.7. The van der Waals surface area contributed by atoms with Gasteiger partial charge in [-0.2, -0.15) is 13.2 Å². The van der Waals surface area contributed by atoms with Gasteiger partial charge in [0.15, 0.2) is 0 Å². The minimum absolute atomic E-state index is 0.581. The van der Waals surface area contributed by atoms with E-state index in [1.54, 1.807) is 6.07 Å². The molecule has 0 aliphatic carbocycles. The van der Waals surface area contributed by atoms with Gasteiger partial charge in [0.25, 0.3) is 0 Å². The molecule has 1 aliphatic rings. The van der Waals surface area contributed by atoms with Gasteiger partial charge < -0.3 is 9.80 Å². The molecule has 1 heterocycles. The quantitative estimate of drug-likeness (QED) is 0.831. The topological polar surface area (TPSA) is 7.68 Å². The van der Waals surface area contributed by atoms with E-state index in [2.05, 4.69) is 22.0 Å². The average molecular weight is 400 g/mol. The predicted octanol–water partition coefficient (Wildman–Crippen LogP) is 3.37. The van der Waals surface area contributed by atoms with Gasteiger partial charge in [-0.3, -0.25) is 0 Å². The minimum atomic E-state index is -4.29. The Morgan fingerprint density at radius 2 is 1.71 bits per heavy atom. The first-order chi connectivity index (χ1) is 11.4. The molecule has 128 valence electrons. The summed E-state index contributed by atoms with van der Waals surface area (Å²) in [5, 5.41) is 0. The lowest BCUT2D eigenvalue weighted by Crippen LogP contribution is -3.13. The second-order valence-electron chi connectivity index (χ2n) is 6.05. The molecule has 2 aromatic carbocycles. The molecule has 3 rings (SSSR count). The third-order valence-corrected chi connectivity index (χ3v) is 5.18. The molecule has 0 spiro atoms. The Bertz CT molecular complexity index is 695. The zero-order valence-corrected chi connectivity index (χ0v) is 14.7. The maximum atomic E-state index is 12.9. The maximum Gasteiger partial charge on any atom is 0.416 e. The molecule has 0 radical (unpaired) electrons. The third kappa shape index (κ3) is 4.11. The number of hydrogen-bond donors (Lipinski definition) is 1. The van der Waals surface area contributed by atoms with E-state index in [0.717, 1.165) is 43.3 Å². The number of nitrogens with one attached hydrogen (secondary N) is 1. The summed E-state index contributed by atoms with van der Waals surface area (Å²) in [5.41, 5.74) is 1.34. The Kier molecular flexibility index (Phi) is 5.15. The SMILES string of the molecule is FC(F)(F)c1cccc(N2CC[NH+](Cc3ccccc3Br)CC2)c1. The molecular formula is C18H19BrF3N2+. The monoisotopic (exact) mass is 399 g/mol. The van der Waals surface area contributed by atoms with Crippen LogP contribution in [0.5, 0.6) is 0 Å². The number of nitrogens with zero attached hydrogens (tertiary/aromatic N) is 1. The van der Waals surface area contributed by atoms with E-state index < -0.39 is 11.7 Å². The molecule has 0 amide bonds. The smallest absolute Gasteiger partial charge is 0.360 e. The van der Waals surface area contributed by atoms with Crippen LogP contribution in [0, 0.1) is 0 Å². The van der Waals surface area contributed by atoms with Gasteiger partial charge in [0.05, 0.1) is 31.7 Å². The van der Waals surface area contributed by atoms with Crippen molar-refractivity contribution in [3.63, 3.8) is 0 Å². The van der Waals surface area contributed by atoms with Crippen LogP contribution in [0.25, 0.3) is 0 Å². The molecule has 0 bridgehead atoms. The number of hydrogen-bond acceptors (Lipinski definition) is 1. The van der Waals surface area contributed by atoms with Gasteiger partial charge in [0, 0.05) is 15.7 Å². The van der Waals surface area contributed by atoms with Gasteiger partial charge in [0.2, 0.25) is 0 Å². The number of piperazine rings is 1. The highest BCUT2D eigenvalue weighted by Gasteiger charge is 2.31. The van der Waals surface area contributed by atoms with Gasteiger partial charge in [0.1, 0.15) is 6.54 Å². The summed E-state index contributed by atoms with van der Waals surface area (Å²) >= 11 is 3.57. The lowest BCUT2D eigenvalue weighted by molar-refractivity contribution is -0.914. The lowest BCUT2D eigenvalue weighted by Gasteiger charge is -2.34. The highest BCUT2D eigenvalue weighted by Crippen LogP contribution is 2.31. The first-order valence-corrected chi connectivity index (χ1v) is 8.72. The zero-order chi connectivity index (χ0) is 17.2. The summed E-state index contributed by atoms with van der Waals surface area (Å²) in [6.45, 7) is 4.29. The molecule has 24 heavy (non-hydrogen) atoms. The number of quaternary nitrogens is 1. The second kappa shape index (κ2) is 7.15. The van der Waals surface area contributed by atoms with Gasteiger partial charge in [-0.05, 0) is 24.3 Å². The van der Waals surface area contributed by atoms with E-state index in [-0.39, 0.29) is 0 Å². The van der Waals surface area contributed by atoms with Gasteiger partial charge in [-0.25, -0.2) is 0 Å². The van der Waals surface area contributed by atoms with Crippen LogP contribution in [-0.2, 0) is 12.7 Å². The van der Waals surface area contributed by atoms with Crippen molar-refractivity contribution in [3.8, 4) is 0 Å². The van der Waals surface area contributed by atoms with Crippen LogP contribution in [0.1, 0.15) is 11.1 Å². The van der Waals surface area contributed by atoms with Crippen LogP contribution < -0.4 is 9.80 Å². The Morgan fingerprint density at radius 1 is 1.00 bits per heavy atom. The van der Waals surface area contributed by atoms with E-state index >= 15 is 0 Å². The fourth-order valence-electron chi connectivity index (χ4n) is 3.05. The van der Waals surface area contributed by atoms with Gasteiger partial charge >= 0.3 is 6.18 Å².